The van der Waals surface area contributed by atoms with Gasteiger partial charge in [-0.3, -0.25) is 0 Å². The SMILES string of the molecule is [I-].[I-].[I-].[I-].[In+3].[Na+]. The van der Waals surface area contributed by atoms with Crippen molar-refractivity contribution in [2.24, 2.45) is 0 Å². The minimum absolute atomic E-state index is 0. The van der Waals surface area contributed by atoms with Gasteiger partial charge in [0.1, 0.15) is 0 Å². The van der Waals surface area contributed by atoms with E-state index in [0.29, 0.717) is 0 Å². The zero-order valence-electron chi connectivity index (χ0n) is 3.09. The average molecular weight is 645 g/mol. The smallest absolute Gasteiger partial charge is 1.00 e. The van der Waals surface area contributed by atoms with E-state index in [0.717, 1.165) is 0 Å². The van der Waals surface area contributed by atoms with E-state index >= 15 is 0 Å². The summed E-state index contributed by atoms with van der Waals surface area (Å²) in [5.41, 5.74) is 0. The van der Waals surface area contributed by atoms with E-state index in [1.165, 1.54) is 0 Å². The molecule has 0 heterocycles. The van der Waals surface area contributed by atoms with Gasteiger partial charge in [-0.05, 0) is 0 Å². The summed E-state index contributed by atoms with van der Waals surface area (Å²) in [6.07, 6.45) is 0. The molecule has 0 aliphatic heterocycles. The molecule has 6 heavy (non-hydrogen) atoms. The Bertz CT molecular complexity index is 7.51. The van der Waals surface area contributed by atoms with Gasteiger partial charge in [0, 0.05) is 0 Å². The second-order valence-corrected chi connectivity index (χ2v) is 0. The van der Waals surface area contributed by atoms with Crippen molar-refractivity contribution in [1.82, 2.24) is 0 Å². The molecule has 0 bridgehead atoms. The third kappa shape index (κ3) is 23.2. The Morgan fingerprint density at radius 2 is 0.500 bits per heavy atom. The molecule has 0 aliphatic carbocycles. The van der Waals surface area contributed by atoms with E-state index in [-0.39, 0.29) is 151 Å². The molecule has 0 saturated carbocycles. The number of halogens is 4. The van der Waals surface area contributed by atoms with Gasteiger partial charge in [-0.25, -0.2) is 0 Å². The molecule has 32 valence electrons. The summed E-state index contributed by atoms with van der Waals surface area (Å²) >= 11 is 0. The van der Waals surface area contributed by atoms with Crippen molar-refractivity contribution in [3.63, 3.8) is 0 Å². The molecule has 0 spiro atoms. The second-order valence-electron chi connectivity index (χ2n) is 0. The maximum Gasteiger partial charge on any atom is 3.00 e. The Hall–Kier alpha value is 4.79. The van der Waals surface area contributed by atoms with Crippen LogP contribution >= 0.6 is 0 Å². The van der Waals surface area contributed by atoms with Gasteiger partial charge < -0.3 is 95.9 Å². The Kier molecular flexibility index (Phi) is 248. The topological polar surface area (TPSA) is 0 Å². The van der Waals surface area contributed by atoms with Gasteiger partial charge in [-0.1, -0.05) is 0 Å². The molecule has 0 aliphatic rings. The number of hydrogen-bond donors (Lipinski definition) is 0. The van der Waals surface area contributed by atoms with E-state index < -0.39 is 0 Å². The summed E-state index contributed by atoms with van der Waals surface area (Å²) in [5, 5.41) is 0. The molecule has 0 N–H and O–H groups in total. The van der Waals surface area contributed by atoms with Crippen LogP contribution in [0.1, 0.15) is 0 Å². The molecule has 0 radical (unpaired) electrons. The van der Waals surface area contributed by atoms with Crippen LogP contribution in [-0.2, 0) is 0 Å². The van der Waals surface area contributed by atoms with Crippen molar-refractivity contribution < 1.29 is 125 Å². The zero-order valence-corrected chi connectivity index (χ0v) is 17.0. The van der Waals surface area contributed by atoms with Gasteiger partial charge in [0.15, 0.2) is 0 Å². The fourth-order valence-electron chi connectivity index (χ4n) is 0. The molecule has 0 atom stereocenters. The standard InChI is InChI=1S/4HI.In.Na/h4*1H;;/q;;;;+3;+1/p-4. The van der Waals surface area contributed by atoms with Crippen molar-refractivity contribution in [1.29, 1.82) is 0 Å². The molecule has 0 nitrogen and oxygen atoms in total. The van der Waals surface area contributed by atoms with Crippen LogP contribution in [0.5, 0.6) is 0 Å². The predicted octanol–water partition coefficient (Wildman–Crippen LogP) is -15.4. The molecule has 6 heteroatoms. The fraction of sp³-hybridized carbons (Fsp3) is 0. The summed E-state index contributed by atoms with van der Waals surface area (Å²) in [6.45, 7) is 0. The molecule has 0 aromatic rings. The van der Waals surface area contributed by atoms with Gasteiger partial charge in [0.25, 0.3) is 0 Å². The summed E-state index contributed by atoms with van der Waals surface area (Å²) in [4.78, 5) is 0. The molecule has 0 amide bonds. The van der Waals surface area contributed by atoms with Crippen LogP contribution in [0.25, 0.3) is 0 Å². The van der Waals surface area contributed by atoms with Crippen LogP contribution in [0, 0.1) is 0 Å². The van der Waals surface area contributed by atoms with E-state index in [4.69, 9.17) is 0 Å². The maximum absolute atomic E-state index is 0. The largest absolute Gasteiger partial charge is 3.00 e. The maximum atomic E-state index is 0. The van der Waals surface area contributed by atoms with E-state index in [9.17, 15) is 0 Å². The Morgan fingerprint density at radius 3 is 0.500 bits per heavy atom. The van der Waals surface area contributed by atoms with Gasteiger partial charge in [-0.15, -0.1) is 0 Å². The first-order valence-electron chi connectivity index (χ1n) is 0. The van der Waals surface area contributed by atoms with Gasteiger partial charge in [0.2, 0.25) is 0 Å². The monoisotopic (exact) mass is 646 g/mol. The van der Waals surface area contributed by atoms with E-state index in [2.05, 4.69) is 0 Å². The minimum Gasteiger partial charge on any atom is -1.00 e. The third-order valence-corrected chi connectivity index (χ3v) is 0. The normalized spacial score (nSPS) is 0. The van der Waals surface area contributed by atoms with Crippen molar-refractivity contribution in [3.8, 4) is 0 Å². The zero-order chi connectivity index (χ0) is 0. The number of hydrogen-bond acceptors (Lipinski definition) is 0. The van der Waals surface area contributed by atoms with E-state index in [1.807, 2.05) is 0 Å². The Balaban J connectivity index is 0. The van der Waals surface area contributed by atoms with Gasteiger partial charge in [-0.2, -0.15) is 0 Å². The van der Waals surface area contributed by atoms with Crippen molar-refractivity contribution in [2.75, 3.05) is 0 Å². The number of rotatable bonds is 0. The van der Waals surface area contributed by atoms with Gasteiger partial charge >= 0.3 is 55.4 Å². The van der Waals surface area contributed by atoms with Crippen LogP contribution in [-0.4, -0.2) is 25.8 Å². The molecular formula is I4InNa. The van der Waals surface area contributed by atoms with Crippen LogP contribution in [0.3, 0.4) is 0 Å². The second kappa shape index (κ2) is 33.0. The summed E-state index contributed by atoms with van der Waals surface area (Å²) in [5.74, 6) is 0. The summed E-state index contributed by atoms with van der Waals surface area (Å²) in [7, 11) is 0. The first-order chi connectivity index (χ1) is 0. The predicted molar refractivity (Wildman–Crippen MR) is 5.75 cm³/mol. The van der Waals surface area contributed by atoms with Crippen molar-refractivity contribution in [3.05, 3.63) is 0 Å². The fourth-order valence-corrected chi connectivity index (χ4v) is 0. The molecule has 0 unspecified atom stereocenters. The average Bonchev–Trinajstić information content (AvgIpc) is 0. The van der Waals surface area contributed by atoms with Crippen LogP contribution in [0.2, 0.25) is 0 Å². The molecule has 0 fully saturated rings. The Morgan fingerprint density at radius 1 is 0.500 bits per heavy atom. The van der Waals surface area contributed by atoms with Crippen molar-refractivity contribution >= 4 is 25.8 Å². The molecule has 0 aromatic carbocycles. The summed E-state index contributed by atoms with van der Waals surface area (Å²) in [6, 6.07) is 0. The Labute approximate surface area is 147 Å². The first kappa shape index (κ1) is 45.1. The molecule has 0 aromatic heterocycles. The van der Waals surface area contributed by atoms with Crippen LogP contribution in [0.4, 0.5) is 0 Å². The van der Waals surface area contributed by atoms with E-state index in [1.54, 1.807) is 0 Å². The van der Waals surface area contributed by atoms with Crippen LogP contribution in [0.15, 0.2) is 0 Å². The third-order valence-electron chi connectivity index (χ3n) is 0. The molecular weight excluding hydrogens is 645 g/mol. The minimum atomic E-state index is 0. The first-order valence-corrected chi connectivity index (χ1v) is 0. The summed E-state index contributed by atoms with van der Waals surface area (Å²) < 4.78 is 0. The molecule has 0 rings (SSSR count). The van der Waals surface area contributed by atoms with Gasteiger partial charge in [0.05, 0.1) is 0 Å². The van der Waals surface area contributed by atoms with Crippen molar-refractivity contribution in [2.45, 2.75) is 0 Å². The quantitative estimate of drug-likeness (QED) is 0.182. The molecule has 0 saturated heterocycles. The van der Waals surface area contributed by atoms with Crippen LogP contribution < -0.4 is 125 Å².